The average Bonchev–Trinajstić information content (AvgIpc) is 3.22. The molecular formula is C20H25N2O3S+. The molecule has 1 aliphatic heterocycles. The van der Waals surface area contributed by atoms with Crippen LogP contribution in [-0.2, 0) is 14.8 Å². The van der Waals surface area contributed by atoms with Crippen LogP contribution >= 0.6 is 0 Å². The Morgan fingerprint density at radius 3 is 2.31 bits per heavy atom. The minimum Gasteiger partial charge on any atom is -0.289 e. The number of rotatable bonds is 4. The van der Waals surface area contributed by atoms with Crippen molar-refractivity contribution >= 4 is 27.2 Å². The number of amides is 1. The van der Waals surface area contributed by atoms with Crippen LogP contribution in [0.25, 0.3) is 10.8 Å². The van der Waals surface area contributed by atoms with Gasteiger partial charge >= 0.3 is 16.4 Å². The van der Waals surface area contributed by atoms with Crippen molar-refractivity contribution in [2.75, 3.05) is 26.2 Å². The molecule has 138 valence electrons. The third-order valence-electron chi connectivity index (χ3n) is 6.07. The zero-order valence-corrected chi connectivity index (χ0v) is 15.7. The molecule has 0 radical (unpaired) electrons. The van der Waals surface area contributed by atoms with Crippen LogP contribution < -0.4 is 0 Å². The molecule has 1 heterocycles. The monoisotopic (exact) mass is 373 g/mol. The summed E-state index contributed by atoms with van der Waals surface area (Å²) in [7, 11) is -3.80. The highest BCUT2D eigenvalue weighted by Crippen LogP contribution is 2.32. The lowest BCUT2D eigenvalue weighted by atomic mass is 10.1. The summed E-state index contributed by atoms with van der Waals surface area (Å²) in [5.74, 6) is 0. The molecule has 2 fully saturated rings. The van der Waals surface area contributed by atoms with E-state index in [1.165, 1.54) is 25.7 Å². The average molecular weight is 373 g/mol. The van der Waals surface area contributed by atoms with Gasteiger partial charge in [-0.05, 0) is 24.3 Å². The van der Waals surface area contributed by atoms with Crippen molar-refractivity contribution in [3.05, 3.63) is 42.5 Å². The Morgan fingerprint density at radius 2 is 1.62 bits per heavy atom. The third-order valence-corrected chi connectivity index (χ3v) is 8.39. The number of quaternary nitrogens is 1. The van der Waals surface area contributed by atoms with Gasteiger partial charge in [0.1, 0.15) is 18.0 Å². The second kappa shape index (κ2) is 6.76. The molecule has 0 unspecified atom stereocenters. The molecule has 0 bridgehead atoms. The summed E-state index contributed by atoms with van der Waals surface area (Å²) in [4.78, 5) is 14.7. The van der Waals surface area contributed by atoms with Crippen molar-refractivity contribution < 1.29 is 17.1 Å². The molecule has 2 aliphatic rings. The highest BCUT2D eigenvalue weighted by molar-refractivity contribution is 7.86. The van der Waals surface area contributed by atoms with Crippen LogP contribution in [0, 0.1) is 0 Å². The van der Waals surface area contributed by atoms with Crippen LogP contribution in [0.1, 0.15) is 25.7 Å². The smallest absolute Gasteiger partial charge is 0.289 e. The lowest BCUT2D eigenvalue weighted by Gasteiger charge is -2.40. The van der Waals surface area contributed by atoms with Gasteiger partial charge in [0.25, 0.3) is 0 Å². The fourth-order valence-corrected chi connectivity index (χ4v) is 6.34. The Balaban J connectivity index is 1.68. The summed E-state index contributed by atoms with van der Waals surface area (Å²) in [5.41, 5.74) is 0. The first kappa shape index (κ1) is 17.6. The Bertz CT molecular complexity index is 906. The van der Waals surface area contributed by atoms with E-state index >= 15 is 0 Å². The second-order valence-corrected chi connectivity index (χ2v) is 9.55. The summed E-state index contributed by atoms with van der Waals surface area (Å²) < 4.78 is 26.5. The lowest BCUT2D eigenvalue weighted by molar-refractivity contribution is -0.725. The number of hydrogen-bond acceptors (Lipinski definition) is 4. The first-order valence-electron chi connectivity index (χ1n) is 9.37. The minimum atomic E-state index is -3.80. The highest BCUT2D eigenvalue weighted by atomic mass is 32.2. The van der Waals surface area contributed by atoms with Crippen LogP contribution in [0.3, 0.4) is 0 Å². The van der Waals surface area contributed by atoms with Gasteiger partial charge in [-0.3, -0.25) is 4.90 Å². The van der Waals surface area contributed by atoms with Gasteiger partial charge < -0.3 is 0 Å². The van der Waals surface area contributed by atoms with Gasteiger partial charge in [0.15, 0.2) is 0 Å². The Hall–Kier alpha value is -1.76. The van der Waals surface area contributed by atoms with Gasteiger partial charge in [0.2, 0.25) is 0 Å². The van der Waals surface area contributed by atoms with E-state index in [1.807, 2.05) is 30.3 Å². The molecule has 0 atom stereocenters. The van der Waals surface area contributed by atoms with E-state index in [4.69, 9.17) is 0 Å². The van der Waals surface area contributed by atoms with Gasteiger partial charge in [-0.1, -0.05) is 49.2 Å². The number of carbonyl (C=O) groups excluding carboxylic acids is 1. The molecule has 2 aromatic rings. The third kappa shape index (κ3) is 2.76. The fourth-order valence-electron chi connectivity index (χ4n) is 4.47. The molecule has 1 saturated carbocycles. The molecule has 6 heteroatoms. The Morgan fingerprint density at radius 1 is 0.962 bits per heavy atom. The summed E-state index contributed by atoms with van der Waals surface area (Å²) in [6.07, 6.45) is 5.53. The molecule has 5 nitrogen and oxygen atoms in total. The predicted octanol–water partition coefficient (Wildman–Crippen LogP) is 2.76. The second-order valence-electron chi connectivity index (χ2n) is 7.43. The summed E-state index contributed by atoms with van der Waals surface area (Å²) in [6, 6.07) is 13.3. The number of benzene rings is 2. The van der Waals surface area contributed by atoms with Crippen LogP contribution in [0.4, 0.5) is 0 Å². The van der Waals surface area contributed by atoms with Crippen LogP contribution in [0.2, 0.25) is 0 Å². The van der Waals surface area contributed by atoms with Crippen molar-refractivity contribution in [1.82, 2.24) is 4.90 Å². The van der Waals surface area contributed by atoms with Crippen LogP contribution in [0.15, 0.2) is 47.4 Å². The lowest BCUT2D eigenvalue weighted by Crippen LogP contribution is -2.62. The molecule has 0 aromatic heterocycles. The SMILES string of the molecule is O=C[N+]1(S(=O)(=O)c2cccc3ccccc23)CCN(C2CCCC2)CC1. The van der Waals surface area contributed by atoms with Gasteiger partial charge in [0, 0.05) is 24.5 Å². The summed E-state index contributed by atoms with van der Waals surface area (Å²) in [5, 5.41) is 1.56. The summed E-state index contributed by atoms with van der Waals surface area (Å²) >= 11 is 0. The molecule has 4 rings (SSSR count). The molecular weight excluding hydrogens is 348 g/mol. The number of hydrogen-bond donors (Lipinski definition) is 0. The number of sulfonamides is 1. The largest absolute Gasteiger partial charge is 0.334 e. The van der Waals surface area contributed by atoms with Crippen molar-refractivity contribution in [3.8, 4) is 0 Å². The van der Waals surface area contributed by atoms with E-state index in [1.54, 1.807) is 12.1 Å². The van der Waals surface area contributed by atoms with E-state index in [0.717, 1.165) is 5.39 Å². The molecule has 0 N–H and O–H groups in total. The quantitative estimate of drug-likeness (QED) is 0.611. The zero-order chi connectivity index (χ0) is 18.2. The van der Waals surface area contributed by atoms with E-state index in [9.17, 15) is 13.2 Å². The molecule has 26 heavy (non-hydrogen) atoms. The topological polar surface area (TPSA) is 54.5 Å². The first-order valence-corrected chi connectivity index (χ1v) is 10.8. The van der Waals surface area contributed by atoms with Gasteiger partial charge in [-0.15, -0.1) is 0 Å². The normalized spacial score (nSPS) is 21.8. The molecule has 1 aliphatic carbocycles. The molecule has 1 saturated heterocycles. The number of carbonyl (C=O) groups is 1. The van der Waals surface area contributed by atoms with Gasteiger partial charge in [-0.25, -0.2) is 4.79 Å². The highest BCUT2D eigenvalue weighted by Gasteiger charge is 2.47. The van der Waals surface area contributed by atoms with E-state index in [2.05, 4.69) is 4.90 Å². The molecule has 0 spiro atoms. The minimum absolute atomic E-state index is 0.261. The number of nitrogens with zero attached hydrogens (tertiary/aromatic N) is 2. The van der Waals surface area contributed by atoms with Gasteiger partial charge in [-0.2, -0.15) is 12.3 Å². The molecule has 2 aromatic carbocycles. The Kier molecular flexibility index (Phi) is 4.59. The summed E-state index contributed by atoms with van der Waals surface area (Å²) in [6.45, 7) is 1.97. The molecule has 1 amide bonds. The Labute approximate surface area is 154 Å². The number of piperazine rings is 1. The van der Waals surface area contributed by atoms with Crippen LogP contribution in [-0.4, -0.2) is 55.8 Å². The predicted molar refractivity (Wildman–Crippen MR) is 101 cm³/mol. The van der Waals surface area contributed by atoms with Crippen molar-refractivity contribution in [3.63, 3.8) is 0 Å². The van der Waals surface area contributed by atoms with Crippen LogP contribution in [0.5, 0.6) is 0 Å². The maximum absolute atomic E-state index is 13.5. The van der Waals surface area contributed by atoms with E-state index in [-0.39, 0.29) is 4.90 Å². The fraction of sp³-hybridized carbons (Fsp3) is 0.450. The zero-order valence-electron chi connectivity index (χ0n) is 14.9. The first-order chi connectivity index (χ1) is 12.6. The van der Waals surface area contributed by atoms with Crippen molar-refractivity contribution in [1.29, 1.82) is 0 Å². The van der Waals surface area contributed by atoms with E-state index < -0.39 is 13.9 Å². The number of fused-ring (bicyclic) bond motifs is 1. The van der Waals surface area contributed by atoms with Crippen molar-refractivity contribution in [2.24, 2.45) is 0 Å². The van der Waals surface area contributed by atoms with E-state index in [0.29, 0.717) is 44.0 Å². The van der Waals surface area contributed by atoms with Crippen molar-refractivity contribution in [2.45, 2.75) is 36.6 Å². The maximum Gasteiger partial charge on any atom is 0.334 e. The maximum atomic E-state index is 13.5. The standard InChI is InChI=1S/C20H25N2O3S/c23-16-22(14-12-21(13-15-22)18-8-2-3-9-18)26(24,25)20-11-5-7-17-6-1-4-10-19(17)20/h1,4-7,10-11,16,18H,2-3,8-9,12-15H2/q+1. The van der Waals surface area contributed by atoms with Gasteiger partial charge in [0.05, 0.1) is 0 Å².